The first-order valence-corrected chi connectivity index (χ1v) is 12.6. The van der Waals surface area contributed by atoms with E-state index in [2.05, 4.69) is 25.6 Å². The smallest absolute Gasteiger partial charge is 0.277 e. The maximum absolute atomic E-state index is 12.7. The highest BCUT2D eigenvalue weighted by atomic mass is 32.2. The number of carbonyl (C=O) groups is 1. The van der Waals surface area contributed by atoms with E-state index in [4.69, 9.17) is 16.6 Å². The maximum atomic E-state index is 12.7. The van der Waals surface area contributed by atoms with Gasteiger partial charge in [0.05, 0.1) is 25.9 Å². The topological polar surface area (TPSA) is 234 Å². The molecule has 0 radical (unpaired) electrons. The summed E-state index contributed by atoms with van der Waals surface area (Å²) in [7, 11) is -4.49. The van der Waals surface area contributed by atoms with Crippen molar-refractivity contribution < 1.29 is 22.0 Å². The van der Waals surface area contributed by atoms with E-state index in [0.717, 1.165) is 11.3 Å². The molecule has 0 bridgehead atoms. The van der Waals surface area contributed by atoms with Gasteiger partial charge in [0.2, 0.25) is 15.8 Å². The van der Waals surface area contributed by atoms with E-state index < -0.39 is 37.2 Å². The summed E-state index contributed by atoms with van der Waals surface area (Å²) in [4.78, 5) is 15.5. The standard InChI is InChI=1S/C17H16N8O5S3/c18-6-11(32(27)28)9-5-4-7(12(14(9)33(20,29)30)16-22-24-25-23-16)8-2-1-3-10-13(8)21-17(31-10)15(19)26/h1-5,11H,6,18H2,(H2,19,26)(H,27,28)(H2,20,29,30)(H,22,23,24,25). The molecule has 2 aromatic heterocycles. The van der Waals surface area contributed by atoms with E-state index in [-0.39, 0.29) is 34.1 Å². The van der Waals surface area contributed by atoms with Crippen molar-refractivity contribution in [3.63, 3.8) is 0 Å². The fraction of sp³-hybridized carbons (Fsp3) is 0.118. The molecule has 16 heteroatoms. The molecule has 0 aliphatic heterocycles. The molecule has 0 aliphatic rings. The maximum Gasteiger partial charge on any atom is 0.277 e. The molecule has 0 fully saturated rings. The van der Waals surface area contributed by atoms with Crippen LogP contribution in [0.15, 0.2) is 35.2 Å². The molecule has 2 aromatic carbocycles. The number of H-pyrrole nitrogens is 1. The summed E-state index contributed by atoms with van der Waals surface area (Å²) in [6, 6.07) is 7.94. The molecule has 4 aromatic rings. The summed E-state index contributed by atoms with van der Waals surface area (Å²) >= 11 is -1.43. The van der Waals surface area contributed by atoms with Crippen LogP contribution >= 0.6 is 11.3 Å². The van der Waals surface area contributed by atoms with Gasteiger partial charge in [-0.1, -0.05) is 24.3 Å². The first-order valence-electron chi connectivity index (χ1n) is 9.06. The van der Waals surface area contributed by atoms with E-state index >= 15 is 0 Å². The van der Waals surface area contributed by atoms with E-state index in [1.165, 1.54) is 12.1 Å². The average Bonchev–Trinajstić information content (AvgIpc) is 3.42. The molecular weight excluding hydrogens is 492 g/mol. The molecule has 2 atom stereocenters. The molecule has 2 unspecified atom stereocenters. The van der Waals surface area contributed by atoms with Crippen molar-refractivity contribution in [1.82, 2.24) is 25.6 Å². The molecule has 2 heterocycles. The van der Waals surface area contributed by atoms with Crippen molar-refractivity contribution >= 4 is 48.6 Å². The fourth-order valence-electron chi connectivity index (χ4n) is 3.46. The van der Waals surface area contributed by atoms with Crippen molar-refractivity contribution in [2.45, 2.75) is 10.1 Å². The molecular formula is C17H16N8O5S3. The van der Waals surface area contributed by atoms with Crippen LogP contribution in [0.2, 0.25) is 0 Å². The predicted molar refractivity (Wildman–Crippen MR) is 121 cm³/mol. The highest BCUT2D eigenvalue weighted by Crippen LogP contribution is 2.42. The second-order valence-electron chi connectivity index (χ2n) is 6.72. The number of aromatic amines is 1. The Morgan fingerprint density at radius 1 is 1.24 bits per heavy atom. The van der Waals surface area contributed by atoms with Gasteiger partial charge < -0.3 is 16.0 Å². The van der Waals surface area contributed by atoms with E-state index in [1.54, 1.807) is 18.2 Å². The molecule has 33 heavy (non-hydrogen) atoms. The number of amides is 1. The van der Waals surface area contributed by atoms with Gasteiger partial charge in [-0.25, -0.2) is 22.7 Å². The summed E-state index contributed by atoms with van der Waals surface area (Å²) in [6.45, 7) is -0.333. The summed E-state index contributed by atoms with van der Waals surface area (Å²) < 4.78 is 47.7. The first kappa shape index (κ1) is 23.0. The minimum absolute atomic E-state index is 0.0613. The number of rotatable bonds is 7. The molecule has 172 valence electrons. The summed E-state index contributed by atoms with van der Waals surface area (Å²) in [5, 5.41) is 17.9. The molecule has 0 saturated carbocycles. The number of nitrogens with one attached hydrogen (secondary N) is 1. The third-order valence-corrected chi connectivity index (χ3v) is 7.74. The number of primary amides is 1. The highest BCUT2D eigenvalue weighted by molar-refractivity contribution is 7.89. The molecule has 0 spiro atoms. The SMILES string of the molecule is NCC(c1ccc(-c2cccc3sc(C(N)=O)nc23)c(-c2nn[nH]n2)c1S(N)(=O)=O)S(=O)O. The van der Waals surface area contributed by atoms with E-state index in [0.29, 0.717) is 15.8 Å². The highest BCUT2D eigenvalue weighted by Gasteiger charge is 2.32. The number of fused-ring (bicyclic) bond motifs is 1. The number of para-hydroxylation sites is 1. The van der Waals surface area contributed by atoms with Gasteiger partial charge in [-0.2, -0.15) is 5.21 Å². The Morgan fingerprint density at radius 3 is 2.58 bits per heavy atom. The number of tetrazole rings is 1. The lowest BCUT2D eigenvalue weighted by Crippen LogP contribution is -2.23. The number of sulfonamides is 1. The Morgan fingerprint density at radius 2 is 2.00 bits per heavy atom. The number of benzene rings is 2. The summed E-state index contributed by atoms with van der Waals surface area (Å²) in [5.74, 6) is -0.838. The number of nitrogens with two attached hydrogens (primary N) is 3. The third kappa shape index (κ3) is 4.14. The number of aromatic nitrogens is 5. The van der Waals surface area contributed by atoms with Crippen LogP contribution in [-0.2, 0) is 21.1 Å². The zero-order valence-corrected chi connectivity index (χ0v) is 18.9. The van der Waals surface area contributed by atoms with E-state index in [9.17, 15) is 22.0 Å². The van der Waals surface area contributed by atoms with Crippen molar-refractivity contribution in [3.8, 4) is 22.5 Å². The quantitative estimate of drug-likeness (QED) is 0.211. The Balaban J connectivity index is 2.15. The Bertz CT molecular complexity index is 1500. The molecule has 0 aliphatic carbocycles. The Hall–Kier alpha value is -3.15. The fourth-order valence-corrected chi connectivity index (χ4v) is 5.98. The van der Waals surface area contributed by atoms with Crippen molar-refractivity contribution in [3.05, 3.63) is 40.9 Å². The van der Waals surface area contributed by atoms with Crippen molar-refractivity contribution in [2.24, 2.45) is 16.6 Å². The van der Waals surface area contributed by atoms with E-state index in [1.807, 2.05) is 0 Å². The van der Waals surface area contributed by atoms with Gasteiger partial charge in [0.1, 0.15) is 0 Å². The van der Waals surface area contributed by atoms with Crippen LogP contribution in [0, 0.1) is 0 Å². The minimum atomic E-state index is -4.49. The molecule has 13 nitrogen and oxygen atoms in total. The largest absolute Gasteiger partial charge is 0.364 e. The van der Waals surface area contributed by atoms with Crippen LogP contribution in [0.25, 0.3) is 32.7 Å². The summed E-state index contributed by atoms with van der Waals surface area (Å²) in [6.07, 6.45) is 0. The number of nitrogens with zero attached hydrogens (tertiary/aromatic N) is 4. The lowest BCUT2D eigenvalue weighted by molar-refractivity contribution is 0.1000. The molecule has 1 amide bonds. The predicted octanol–water partition coefficient (Wildman–Crippen LogP) is 0.111. The minimum Gasteiger partial charge on any atom is -0.364 e. The lowest BCUT2D eigenvalue weighted by atomic mass is 9.95. The van der Waals surface area contributed by atoms with Crippen LogP contribution in [0.4, 0.5) is 0 Å². The van der Waals surface area contributed by atoms with Gasteiger partial charge >= 0.3 is 0 Å². The number of thiazole rings is 1. The second kappa shape index (κ2) is 8.65. The zero-order valence-electron chi connectivity index (χ0n) is 16.5. The van der Waals surface area contributed by atoms with Gasteiger partial charge in [-0.05, 0) is 22.4 Å². The Labute approximate surface area is 192 Å². The van der Waals surface area contributed by atoms with Crippen LogP contribution in [-0.4, -0.2) is 55.2 Å². The van der Waals surface area contributed by atoms with Gasteiger partial charge in [0, 0.05) is 12.1 Å². The van der Waals surface area contributed by atoms with Gasteiger partial charge in [-0.15, -0.1) is 21.5 Å². The average molecular weight is 509 g/mol. The molecule has 4 rings (SSSR count). The Kier molecular flexibility index (Phi) is 6.04. The number of hydrogen-bond donors (Lipinski definition) is 5. The van der Waals surface area contributed by atoms with Crippen molar-refractivity contribution in [1.29, 1.82) is 0 Å². The first-order chi connectivity index (χ1) is 15.6. The molecule has 0 saturated heterocycles. The monoisotopic (exact) mass is 508 g/mol. The van der Waals surface area contributed by atoms with Crippen LogP contribution < -0.4 is 16.6 Å². The number of carbonyl (C=O) groups excluding carboxylic acids is 1. The van der Waals surface area contributed by atoms with Crippen LogP contribution in [0.5, 0.6) is 0 Å². The molecule has 8 N–H and O–H groups in total. The summed E-state index contributed by atoms with van der Waals surface area (Å²) in [5.41, 5.74) is 12.0. The third-order valence-electron chi connectivity index (χ3n) is 4.77. The van der Waals surface area contributed by atoms with Gasteiger partial charge in [0.15, 0.2) is 16.1 Å². The van der Waals surface area contributed by atoms with Crippen molar-refractivity contribution in [2.75, 3.05) is 6.54 Å². The normalized spacial score (nSPS) is 13.8. The zero-order chi connectivity index (χ0) is 23.9. The second-order valence-corrected chi connectivity index (χ2v) is 10.4. The van der Waals surface area contributed by atoms with Crippen LogP contribution in [0.1, 0.15) is 20.6 Å². The lowest BCUT2D eigenvalue weighted by Gasteiger charge is -2.19. The van der Waals surface area contributed by atoms with Gasteiger partial charge in [-0.3, -0.25) is 4.79 Å². The van der Waals surface area contributed by atoms with Gasteiger partial charge in [0.25, 0.3) is 5.91 Å². The number of primary sulfonamides is 1. The van der Waals surface area contributed by atoms with Crippen LogP contribution in [0.3, 0.4) is 0 Å². The number of hydrogen-bond acceptors (Lipinski definition) is 10.